The van der Waals surface area contributed by atoms with Crippen LogP contribution in [0.3, 0.4) is 0 Å². The highest BCUT2D eigenvalue weighted by Gasteiger charge is 2.11. The number of aryl methyl sites for hydroxylation is 2. The molecule has 0 atom stereocenters. The second kappa shape index (κ2) is 5.69. The molecule has 0 aliphatic carbocycles. The SMILES string of the molecule is CCCNc1nc(C)nc(Oc2cnn(C)c2)c1C. The van der Waals surface area contributed by atoms with Gasteiger partial charge in [0.2, 0.25) is 5.88 Å². The van der Waals surface area contributed by atoms with Gasteiger partial charge in [-0.05, 0) is 20.3 Å². The zero-order valence-corrected chi connectivity index (χ0v) is 11.8. The molecule has 1 N–H and O–H groups in total. The van der Waals surface area contributed by atoms with E-state index in [1.807, 2.05) is 20.9 Å². The van der Waals surface area contributed by atoms with Crippen LogP contribution in [0.4, 0.5) is 5.82 Å². The van der Waals surface area contributed by atoms with E-state index >= 15 is 0 Å². The van der Waals surface area contributed by atoms with Gasteiger partial charge in [-0.3, -0.25) is 4.68 Å². The van der Waals surface area contributed by atoms with E-state index in [4.69, 9.17) is 4.74 Å². The van der Waals surface area contributed by atoms with Crippen LogP contribution in [-0.2, 0) is 7.05 Å². The largest absolute Gasteiger partial charge is 0.435 e. The van der Waals surface area contributed by atoms with Gasteiger partial charge in [0.15, 0.2) is 5.75 Å². The number of anilines is 1. The van der Waals surface area contributed by atoms with E-state index in [-0.39, 0.29) is 0 Å². The predicted molar refractivity (Wildman–Crippen MR) is 73.6 cm³/mol. The fourth-order valence-corrected chi connectivity index (χ4v) is 1.68. The van der Waals surface area contributed by atoms with Crippen LogP contribution in [0.15, 0.2) is 12.4 Å². The van der Waals surface area contributed by atoms with Gasteiger partial charge in [-0.1, -0.05) is 6.92 Å². The van der Waals surface area contributed by atoms with E-state index in [2.05, 4.69) is 27.3 Å². The minimum atomic E-state index is 0.569. The van der Waals surface area contributed by atoms with Crippen LogP contribution in [0, 0.1) is 13.8 Å². The number of nitrogens with one attached hydrogen (secondary N) is 1. The topological polar surface area (TPSA) is 64.9 Å². The molecule has 2 aromatic rings. The Bertz CT molecular complexity index is 564. The molecule has 0 saturated carbocycles. The van der Waals surface area contributed by atoms with Gasteiger partial charge < -0.3 is 10.1 Å². The van der Waals surface area contributed by atoms with Gasteiger partial charge in [-0.25, -0.2) is 4.98 Å². The summed E-state index contributed by atoms with van der Waals surface area (Å²) >= 11 is 0. The highest BCUT2D eigenvalue weighted by molar-refractivity contribution is 5.49. The van der Waals surface area contributed by atoms with Crippen LogP contribution in [0.5, 0.6) is 11.6 Å². The minimum Gasteiger partial charge on any atom is -0.435 e. The molecule has 0 saturated heterocycles. The summed E-state index contributed by atoms with van der Waals surface area (Å²) in [5.74, 6) is 2.75. The molecule has 0 radical (unpaired) electrons. The molecule has 0 aliphatic heterocycles. The molecular formula is C13H19N5O. The summed E-state index contributed by atoms with van der Waals surface area (Å²) in [6.45, 7) is 6.79. The Labute approximate surface area is 112 Å². The average Bonchev–Trinajstić information content (AvgIpc) is 2.77. The molecule has 0 spiro atoms. The second-order valence-electron chi connectivity index (χ2n) is 4.43. The molecule has 2 aromatic heterocycles. The molecule has 0 aromatic carbocycles. The standard InChI is InChI=1S/C13H19N5O/c1-5-6-14-12-9(2)13(17-10(3)16-12)19-11-7-15-18(4)8-11/h7-8H,5-6H2,1-4H3,(H,14,16,17). The third-order valence-electron chi connectivity index (χ3n) is 2.65. The average molecular weight is 261 g/mol. The molecule has 6 nitrogen and oxygen atoms in total. The van der Waals surface area contributed by atoms with Crippen LogP contribution >= 0.6 is 0 Å². The number of aromatic nitrogens is 4. The Kier molecular flexibility index (Phi) is 3.99. The van der Waals surface area contributed by atoms with E-state index in [1.54, 1.807) is 17.1 Å². The van der Waals surface area contributed by atoms with Gasteiger partial charge in [-0.15, -0.1) is 0 Å². The fourth-order valence-electron chi connectivity index (χ4n) is 1.68. The molecule has 19 heavy (non-hydrogen) atoms. The third kappa shape index (κ3) is 3.21. The minimum absolute atomic E-state index is 0.569. The summed E-state index contributed by atoms with van der Waals surface area (Å²) in [5, 5.41) is 7.35. The normalized spacial score (nSPS) is 10.5. The molecule has 6 heteroatoms. The molecule has 0 fully saturated rings. The summed E-state index contributed by atoms with van der Waals surface area (Å²) in [7, 11) is 1.85. The van der Waals surface area contributed by atoms with Crippen molar-refractivity contribution < 1.29 is 4.74 Å². The lowest BCUT2D eigenvalue weighted by molar-refractivity contribution is 0.455. The lowest BCUT2D eigenvalue weighted by atomic mass is 10.3. The monoisotopic (exact) mass is 261 g/mol. The Balaban J connectivity index is 2.26. The van der Waals surface area contributed by atoms with Crippen LogP contribution < -0.4 is 10.1 Å². The highest BCUT2D eigenvalue weighted by Crippen LogP contribution is 2.26. The van der Waals surface area contributed by atoms with Gasteiger partial charge in [-0.2, -0.15) is 10.1 Å². The van der Waals surface area contributed by atoms with Crippen molar-refractivity contribution in [3.05, 3.63) is 23.8 Å². The molecule has 0 unspecified atom stereocenters. The molecule has 0 aliphatic rings. The van der Waals surface area contributed by atoms with Crippen molar-refractivity contribution in [3.8, 4) is 11.6 Å². The molecule has 0 bridgehead atoms. The first-order valence-electron chi connectivity index (χ1n) is 6.35. The first kappa shape index (κ1) is 13.3. The fraction of sp³-hybridized carbons (Fsp3) is 0.462. The quantitative estimate of drug-likeness (QED) is 0.895. The van der Waals surface area contributed by atoms with Crippen molar-refractivity contribution in [3.63, 3.8) is 0 Å². The zero-order chi connectivity index (χ0) is 13.8. The summed E-state index contributed by atoms with van der Waals surface area (Å²) in [5.41, 5.74) is 0.905. The van der Waals surface area contributed by atoms with Crippen LogP contribution in [0.25, 0.3) is 0 Å². The Morgan fingerprint density at radius 3 is 2.74 bits per heavy atom. The van der Waals surface area contributed by atoms with E-state index in [1.165, 1.54) is 0 Å². The maximum absolute atomic E-state index is 5.76. The summed E-state index contributed by atoms with van der Waals surface area (Å²) in [6, 6.07) is 0. The van der Waals surface area contributed by atoms with Gasteiger partial charge in [0.1, 0.15) is 11.6 Å². The molecule has 2 heterocycles. The smallest absolute Gasteiger partial charge is 0.227 e. The molecule has 102 valence electrons. The predicted octanol–water partition coefficient (Wildman–Crippen LogP) is 2.44. The summed E-state index contributed by atoms with van der Waals surface area (Å²) in [6.07, 6.45) is 4.51. The van der Waals surface area contributed by atoms with Crippen molar-refractivity contribution in [2.75, 3.05) is 11.9 Å². The Morgan fingerprint density at radius 2 is 2.11 bits per heavy atom. The highest BCUT2D eigenvalue weighted by atomic mass is 16.5. The number of nitrogens with zero attached hydrogens (tertiary/aromatic N) is 4. The number of hydrogen-bond acceptors (Lipinski definition) is 5. The third-order valence-corrected chi connectivity index (χ3v) is 2.65. The maximum atomic E-state index is 5.76. The van der Waals surface area contributed by atoms with Crippen molar-refractivity contribution in [2.45, 2.75) is 27.2 Å². The van der Waals surface area contributed by atoms with Gasteiger partial charge in [0.05, 0.1) is 18.0 Å². The van der Waals surface area contributed by atoms with Crippen LogP contribution in [0.2, 0.25) is 0 Å². The van der Waals surface area contributed by atoms with E-state index in [9.17, 15) is 0 Å². The Morgan fingerprint density at radius 1 is 1.32 bits per heavy atom. The van der Waals surface area contributed by atoms with Gasteiger partial charge in [0.25, 0.3) is 0 Å². The van der Waals surface area contributed by atoms with E-state index < -0.39 is 0 Å². The summed E-state index contributed by atoms with van der Waals surface area (Å²) in [4.78, 5) is 8.73. The van der Waals surface area contributed by atoms with Gasteiger partial charge in [0, 0.05) is 13.6 Å². The van der Waals surface area contributed by atoms with E-state index in [0.29, 0.717) is 17.5 Å². The Hall–Kier alpha value is -2.11. The number of hydrogen-bond donors (Lipinski definition) is 1. The lowest BCUT2D eigenvalue weighted by Crippen LogP contribution is -2.07. The first-order valence-corrected chi connectivity index (χ1v) is 6.35. The first-order chi connectivity index (χ1) is 9.10. The van der Waals surface area contributed by atoms with Crippen molar-refractivity contribution >= 4 is 5.82 Å². The number of ether oxygens (including phenoxy) is 1. The second-order valence-corrected chi connectivity index (χ2v) is 4.43. The van der Waals surface area contributed by atoms with Crippen LogP contribution in [-0.4, -0.2) is 26.3 Å². The summed E-state index contributed by atoms with van der Waals surface area (Å²) < 4.78 is 7.45. The molecular weight excluding hydrogens is 242 g/mol. The van der Waals surface area contributed by atoms with Gasteiger partial charge >= 0.3 is 0 Å². The van der Waals surface area contributed by atoms with Crippen molar-refractivity contribution in [1.29, 1.82) is 0 Å². The zero-order valence-electron chi connectivity index (χ0n) is 11.8. The molecule has 0 amide bonds. The van der Waals surface area contributed by atoms with Crippen LogP contribution in [0.1, 0.15) is 24.7 Å². The van der Waals surface area contributed by atoms with E-state index in [0.717, 1.165) is 24.3 Å². The lowest BCUT2D eigenvalue weighted by Gasteiger charge is -2.12. The molecule has 2 rings (SSSR count). The number of rotatable bonds is 5. The van der Waals surface area contributed by atoms with Crippen molar-refractivity contribution in [1.82, 2.24) is 19.7 Å². The van der Waals surface area contributed by atoms with Crippen molar-refractivity contribution in [2.24, 2.45) is 7.05 Å². The maximum Gasteiger partial charge on any atom is 0.227 e.